The summed E-state index contributed by atoms with van der Waals surface area (Å²) >= 11 is 1.83. The number of aromatic nitrogens is 2. The summed E-state index contributed by atoms with van der Waals surface area (Å²) in [5.41, 5.74) is 1.38. The van der Waals surface area contributed by atoms with E-state index in [1.54, 1.807) is 7.11 Å². The van der Waals surface area contributed by atoms with E-state index in [9.17, 15) is 5.26 Å². The molecule has 0 saturated carbocycles. The van der Waals surface area contributed by atoms with Crippen molar-refractivity contribution in [3.63, 3.8) is 0 Å². The molecule has 1 aromatic rings. The molecule has 2 aliphatic rings. The van der Waals surface area contributed by atoms with E-state index in [-0.39, 0.29) is 11.1 Å². The minimum atomic E-state index is -0.562. The van der Waals surface area contributed by atoms with Crippen molar-refractivity contribution in [2.75, 3.05) is 12.9 Å². The predicted octanol–water partition coefficient (Wildman–Crippen LogP) is 1.83. The monoisotopic (exact) mass is 292 g/mol. The Morgan fingerprint density at radius 3 is 3.10 bits per heavy atom. The SMILES string of the molecule is COCc1[nH]nc2c1C1(CCSC1C)C(C#N)C(=N)O2. The zero-order valence-corrected chi connectivity index (χ0v) is 12.2. The molecule has 0 aromatic carbocycles. The number of ether oxygens (including phenoxy) is 2. The van der Waals surface area contributed by atoms with Crippen LogP contribution in [0, 0.1) is 22.7 Å². The predicted molar refractivity (Wildman–Crippen MR) is 75.0 cm³/mol. The van der Waals surface area contributed by atoms with Crippen LogP contribution in [0.25, 0.3) is 0 Å². The van der Waals surface area contributed by atoms with Gasteiger partial charge in [-0.05, 0) is 12.2 Å². The minimum absolute atomic E-state index is 0.00446. The fraction of sp³-hybridized carbons (Fsp3) is 0.615. The third-order valence-corrected chi connectivity index (χ3v) is 5.64. The third kappa shape index (κ3) is 1.61. The Labute approximate surface area is 121 Å². The number of hydrogen-bond acceptors (Lipinski definition) is 6. The normalized spacial score (nSPS) is 31.9. The van der Waals surface area contributed by atoms with Gasteiger partial charge in [-0.25, -0.2) is 0 Å². The highest BCUT2D eigenvalue weighted by Crippen LogP contribution is 2.55. The van der Waals surface area contributed by atoms with Gasteiger partial charge in [-0.3, -0.25) is 10.5 Å². The van der Waals surface area contributed by atoms with Crippen LogP contribution in [-0.2, 0) is 16.8 Å². The van der Waals surface area contributed by atoms with Crippen LogP contribution in [0.3, 0.4) is 0 Å². The van der Waals surface area contributed by atoms with Gasteiger partial charge < -0.3 is 9.47 Å². The number of fused-ring (bicyclic) bond motifs is 2. The van der Waals surface area contributed by atoms with E-state index < -0.39 is 11.3 Å². The molecule has 1 aromatic heterocycles. The van der Waals surface area contributed by atoms with Crippen molar-refractivity contribution in [1.82, 2.24) is 10.2 Å². The Morgan fingerprint density at radius 1 is 1.70 bits per heavy atom. The third-order valence-electron chi connectivity index (χ3n) is 4.28. The van der Waals surface area contributed by atoms with E-state index in [4.69, 9.17) is 14.9 Å². The van der Waals surface area contributed by atoms with Crippen LogP contribution in [0.1, 0.15) is 24.6 Å². The van der Waals surface area contributed by atoms with E-state index in [2.05, 4.69) is 23.2 Å². The first-order valence-electron chi connectivity index (χ1n) is 6.49. The summed E-state index contributed by atoms with van der Waals surface area (Å²) in [6.07, 6.45) is 0.853. The smallest absolute Gasteiger partial charge is 0.243 e. The molecule has 2 N–H and O–H groups in total. The van der Waals surface area contributed by atoms with Gasteiger partial charge in [0.15, 0.2) is 0 Å². The number of thioether (sulfide) groups is 1. The van der Waals surface area contributed by atoms with E-state index in [1.807, 2.05) is 11.8 Å². The molecular weight excluding hydrogens is 276 g/mol. The summed E-state index contributed by atoms with van der Waals surface area (Å²) in [6.45, 7) is 2.52. The van der Waals surface area contributed by atoms with Gasteiger partial charge in [-0.2, -0.15) is 17.0 Å². The Balaban J connectivity index is 2.22. The van der Waals surface area contributed by atoms with Crippen LogP contribution in [0.2, 0.25) is 0 Å². The summed E-state index contributed by atoms with van der Waals surface area (Å²) < 4.78 is 10.7. The number of nitriles is 1. The number of aromatic amines is 1. The lowest BCUT2D eigenvalue weighted by atomic mass is 9.65. The molecule has 106 valence electrons. The fourth-order valence-corrected chi connectivity index (χ4v) is 4.82. The second-order valence-corrected chi connectivity index (χ2v) is 6.60. The van der Waals surface area contributed by atoms with Crippen LogP contribution < -0.4 is 4.74 Å². The number of hydrogen-bond donors (Lipinski definition) is 2. The molecule has 0 amide bonds. The van der Waals surface area contributed by atoms with Crippen molar-refractivity contribution < 1.29 is 9.47 Å². The molecular formula is C13H16N4O2S. The van der Waals surface area contributed by atoms with Crippen LogP contribution >= 0.6 is 11.8 Å². The number of rotatable bonds is 2. The Hall–Kier alpha value is -1.52. The first kappa shape index (κ1) is 13.5. The van der Waals surface area contributed by atoms with Crippen LogP contribution in [0.15, 0.2) is 0 Å². The molecule has 3 unspecified atom stereocenters. The average Bonchev–Trinajstić information content (AvgIpc) is 2.97. The van der Waals surface area contributed by atoms with Gasteiger partial charge >= 0.3 is 0 Å². The highest BCUT2D eigenvalue weighted by molar-refractivity contribution is 8.00. The van der Waals surface area contributed by atoms with Gasteiger partial charge in [0.2, 0.25) is 11.8 Å². The summed E-state index contributed by atoms with van der Waals surface area (Å²) in [5, 5.41) is 24.9. The van der Waals surface area contributed by atoms with Crippen LogP contribution in [0.4, 0.5) is 0 Å². The molecule has 20 heavy (non-hydrogen) atoms. The van der Waals surface area contributed by atoms with Crippen LogP contribution in [0.5, 0.6) is 5.88 Å². The van der Waals surface area contributed by atoms with Gasteiger partial charge in [0.25, 0.3) is 0 Å². The first-order chi connectivity index (χ1) is 9.65. The Morgan fingerprint density at radius 2 is 2.50 bits per heavy atom. The largest absolute Gasteiger partial charge is 0.422 e. The molecule has 3 rings (SSSR count). The molecule has 7 heteroatoms. The molecule has 0 bridgehead atoms. The second kappa shape index (κ2) is 4.79. The lowest BCUT2D eigenvalue weighted by Crippen LogP contribution is -2.48. The number of nitrogens with one attached hydrogen (secondary N) is 2. The van der Waals surface area contributed by atoms with Crippen molar-refractivity contribution in [3.8, 4) is 11.9 Å². The first-order valence-corrected chi connectivity index (χ1v) is 7.54. The van der Waals surface area contributed by atoms with E-state index >= 15 is 0 Å². The van der Waals surface area contributed by atoms with Crippen molar-refractivity contribution in [2.24, 2.45) is 5.92 Å². The molecule has 6 nitrogen and oxygen atoms in total. The lowest BCUT2D eigenvalue weighted by molar-refractivity contribution is 0.177. The van der Waals surface area contributed by atoms with Gasteiger partial charge in [0.05, 0.1) is 18.4 Å². The van der Waals surface area contributed by atoms with Gasteiger partial charge in [-0.15, -0.1) is 5.10 Å². The topological polar surface area (TPSA) is 94.8 Å². The maximum atomic E-state index is 9.55. The second-order valence-electron chi connectivity index (χ2n) is 5.15. The molecule has 3 heterocycles. The molecule has 1 spiro atoms. The molecule has 3 atom stereocenters. The van der Waals surface area contributed by atoms with Crippen molar-refractivity contribution >= 4 is 17.7 Å². The molecule has 0 radical (unpaired) electrons. The van der Waals surface area contributed by atoms with Crippen LogP contribution in [-0.4, -0.2) is 34.2 Å². The standard InChI is InChI=1S/C13H16N4O2S/c1-7-13(3-4-20-7)8(5-14)11(15)19-12-10(13)9(6-18-2)16-17-12/h7-8,15H,3-4,6H2,1-2H3,(H,16,17). The van der Waals surface area contributed by atoms with E-state index in [0.29, 0.717) is 12.5 Å². The maximum Gasteiger partial charge on any atom is 0.243 e. The van der Waals surface area contributed by atoms with Gasteiger partial charge in [0.1, 0.15) is 5.92 Å². The molecule has 2 aliphatic heterocycles. The zero-order valence-electron chi connectivity index (χ0n) is 11.4. The lowest BCUT2D eigenvalue weighted by Gasteiger charge is -2.40. The fourth-order valence-electron chi connectivity index (χ4n) is 3.34. The van der Waals surface area contributed by atoms with Crippen molar-refractivity contribution in [1.29, 1.82) is 10.7 Å². The number of methoxy groups -OCH3 is 1. The number of H-pyrrole nitrogens is 1. The summed E-state index contributed by atoms with van der Waals surface area (Å²) in [6, 6.07) is 2.27. The van der Waals surface area contributed by atoms with E-state index in [1.165, 1.54) is 0 Å². The molecule has 1 saturated heterocycles. The highest BCUT2D eigenvalue weighted by Gasteiger charge is 2.57. The van der Waals surface area contributed by atoms with Crippen molar-refractivity contribution in [2.45, 2.75) is 30.6 Å². The van der Waals surface area contributed by atoms with Gasteiger partial charge in [-0.1, -0.05) is 6.92 Å². The number of nitrogens with zero attached hydrogens (tertiary/aromatic N) is 2. The average molecular weight is 292 g/mol. The quantitative estimate of drug-likeness (QED) is 0.867. The highest BCUT2D eigenvalue weighted by atomic mass is 32.2. The Kier molecular flexibility index (Phi) is 3.22. The summed E-state index contributed by atoms with van der Waals surface area (Å²) in [5.74, 6) is 0.852. The van der Waals surface area contributed by atoms with Crippen molar-refractivity contribution in [3.05, 3.63) is 11.3 Å². The molecule has 0 aliphatic carbocycles. The van der Waals surface area contributed by atoms with Gasteiger partial charge in [0, 0.05) is 23.3 Å². The maximum absolute atomic E-state index is 9.55. The zero-order chi connectivity index (χ0) is 14.3. The minimum Gasteiger partial charge on any atom is -0.422 e. The Bertz CT molecular complexity index is 594. The molecule has 1 fully saturated rings. The van der Waals surface area contributed by atoms with E-state index in [0.717, 1.165) is 23.4 Å². The summed E-state index contributed by atoms with van der Waals surface area (Å²) in [7, 11) is 1.63. The summed E-state index contributed by atoms with van der Waals surface area (Å²) in [4.78, 5) is 0.